The number of aliphatic hydroxyl groups excluding tert-OH is 1. The van der Waals surface area contributed by atoms with E-state index in [1.165, 1.54) is 0 Å². The minimum absolute atomic E-state index is 0. The lowest BCUT2D eigenvalue weighted by Gasteiger charge is -2.29. The van der Waals surface area contributed by atoms with E-state index < -0.39 is 29.8 Å². The number of hydrogen-bond donors (Lipinski definition) is 4. The first-order valence-electron chi connectivity index (χ1n) is 12.2. The molecular formula is C28H37ClN4O4. The predicted molar refractivity (Wildman–Crippen MR) is 145 cm³/mol. The van der Waals surface area contributed by atoms with Crippen LogP contribution in [0.25, 0.3) is 0 Å². The molecule has 9 heteroatoms. The number of H-pyrrole nitrogens is 1. The van der Waals surface area contributed by atoms with Crippen molar-refractivity contribution in [2.24, 2.45) is 5.92 Å². The molecule has 1 heterocycles. The number of carbonyl (C=O) groups is 2. The number of carbonyl (C=O) groups excluding carboxylic acids is 2. The normalized spacial score (nSPS) is 13.5. The molecule has 37 heavy (non-hydrogen) atoms. The Morgan fingerprint density at radius 2 is 1.59 bits per heavy atom. The lowest BCUT2D eigenvalue weighted by molar-refractivity contribution is -0.126. The zero-order valence-corrected chi connectivity index (χ0v) is 22.3. The van der Waals surface area contributed by atoms with Crippen molar-refractivity contribution in [1.29, 1.82) is 0 Å². The summed E-state index contributed by atoms with van der Waals surface area (Å²) < 4.78 is 5.43. The minimum Gasteiger partial charge on any atom is -0.444 e. The van der Waals surface area contributed by atoms with Crippen LogP contribution in [-0.4, -0.2) is 44.8 Å². The van der Waals surface area contributed by atoms with E-state index in [1.807, 2.05) is 60.7 Å². The number of imidazole rings is 1. The molecule has 3 aromatic rings. The number of halogens is 1. The molecular weight excluding hydrogens is 492 g/mol. The average Bonchev–Trinajstić information content (AvgIpc) is 3.35. The molecule has 0 radical (unpaired) electrons. The number of amides is 2. The number of aliphatic hydroxyl groups is 1. The summed E-state index contributed by atoms with van der Waals surface area (Å²) in [6, 6.07) is 18.6. The van der Waals surface area contributed by atoms with Crippen LogP contribution in [0.3, 0.4) is 0 Å². The average molecular weight is 529 g/mol. The maximum absolute atomic E-state index is 13.2. The van der Waals surface area contributed by atoms with Gasteiger partial charge in [-0.25, -0.2) is 9.78 Å². The Hall–Kier alpha value is -3.36. The molecule has 0 fully saturated rings. The van der Waals surface area contributed by atoms with Crippen molar-refractivity contribution in [3.63, 3.8) is 0 Å². The van der Waals surface area contributed by atoms with Crippen LogP contribution < -0.4 is 10.6 Å². The summed E-state index contributed by atoms with van der Waals surface area (Å²) in [7, 11) is 0. The van der Waals surface area contributed by atoms with Crippen LogP contribution in [0.5, 0.6) is 0 Å². The Morgan fingerprint density at radius 3 is 2.14 bits per heavy atom. The molecule has 0 aliphatic heterocycles. The van der Waals surface area contributed by atoms with E-state index in [4.69, 9.17) is 4.74 Å². The summed E-state index contributed by atoms with van der Waals surface area (Å²) in [5, 5.41) is 17.0. The fourth-order valence-electron chi connectivity index (χ4n) is 3.96. The van der Waals surface area contributed by atoms with E-state index in [0.29, 0.717) is 18.7 Å². The Balaban J connectivity index is 0.00000481. The zero-order valence-electron chi connectivity index (χ0n) is 21.5. The molecule has 200 valence electrons. The van der Waals surface area contributed by atoms with Crippen molar-refractivity contribution in [3.8, 4) is 0 Å². The highest BCUT2D eigenvalue weighted by molar-refractivity contribution is 5.85. The minimum atomic E-state index is -0.985. The Morgan fingerprint density at radius 1 is 1.00 bits per heavy atom. The molecule has 0 bridgehead atoms. The second kappa shape index (κ2) is 14.4. The van der Waals surface area contributed by atoms with E-state index in [1.54, 1.807) is 33.2 Å². The van der Waals surface area contributed by atoms with Gasteiger partial charge in [0.1, 0.15) is 11.4 Å². The van der Waals surface area contributed by atoms with Gasteiger partial charge >= 0.3 is 6.09 Å². The third kappa shape index (κ3) is 10.7. The smallest absolute Gasteiger partial charge is 0.407 e. The molecule has 0 aliphatic carbocycles. The molecule has 0 spiro atoms. The van der Waals surface area contributed by atoms with Gasteiger partial charge in [-0.15, -0.1) is 12.4 Å². The summed E-state index contributed by atoms with van der Waals surface area (Å²) >= 11 is 0. The number of aromatic amines is 1. The molecule has 3 rings (SSSR count). The predicted octanol–water partition coefficient (Wildman–Crippen LogP) is 4.19. The Kier molecular flexibility index (Phi) is 11.6. The quantitative estimate of drug-likeness (QED) is 0.298. The van der Waals surface area contributed by atoms with Crippen molar-refractivity contribution >= 4 is 24.4 Å². The molecule has 0 aliphatic rings. The topological polar surface area (TPSA) is 116 Å². The highest BCUT2D eigenvalue weighted by atomic mass is 35.5. The van der Waals surface area contributed by atoms with Gasteiger partial charge in [-0.05, 0) is 51.2 Å². The molecule has 8 nitrogen and oxygen atoms in total. The van der Waals surface area contributed by atoms with Gasteiger partial charge in [0.25, 0.3) is 0 Å². The first-order chi connectivity index (χ1) is 17.2. The monoisotopic (exact) mass is 528 g/mol. The summed E-state index contributed by atoms with van der Waals surface area (Å²) in [5.74, 6) is -0.0583. The molecule has 2 aromatic carbocycles. The van der Waals surface area contributed by atoms with Gasteiger partial charge in [0.2, 0.25) is 5.91 Å². The first-order valence-corrected chi connectivity index (χ1v) is 12.2. The fourth-order valence-corrected chi connectivity index (χ4v) is 3.96. The molecule has 4 N–H and O–H groups in total. The molecule has 0 unspecified atom stereocenters. The van der Waals surface area contributed by atoms with Gasteiger partial charge in [0, 0.05) is 18.3 Å². The number of benzene rings is 2. The van der Waals surface area contributed by atoms with Gasteiger partial charge in [0.05, 0.1) is 18.7 Å². The summed E-state index contributed by atoms with van der Waals surface area (Å²) in [4.78, 5) is 32.9. The van der Waals surface area contributed by atoms with Gasteiger partial charge < -0.3 is 25.5 Å². The summed E-state index contributed by atoms with van der Waals surface area (Å²) in [6.45, 7) is 5.62. The second-order valence-electron chi connectivity index (χ2n) is 9.89. The largest absolute Gasteiger partial charge is 0.444 e. The van der Waals surface area contributed by atoms with Gasteiger partial charge in [-0.2, -0.15) is 0 Å². The van der Waals surface area contributed by atoms with E-state index in [2.05, 4.69) is 20.6 Å². The van der Waals surface area contributed by atoms with E-state index >= 15 is 0 Å². The van der Waals surface area contributed by atoms with Gasteiger partial charge in [-0.3, -0.25) is 4.79 Å². The number of rotatable bonds is 11. The molecule has 0 saturated heterocycles. The lowest BCUT2D eigenvalue weighted by Crippen LogP contribution is -2.48. The fraction of sp³-hybridized carbons (Fsp3) is 0.393. The standard InChI is InChI=1S/C28H36N4O4.ClH/c1-28(2,3)36-27(35)32-23(17-21-12-8-5-9-13-21)24(33)18-22(16-20-10-6-4-7-11-20)26(34)31-19-25-29-14-15-30-25;/h4-15,22-24,33H,16-19H2,1-3H3,(H,29,30)(H,31,34)(H,32,35);1H/t22-,23+,24+;/m1./s1. The Bertz CT molecular complexity index is 1070. The molecule has 1 aromatic heterocycles. The van der Waals surface area contributed by atoms with Crippen LogP contribution in [0.1, 0.15) is 44.1 Å². The van der Waals surface area contributed by atoms with Crippen LogP contribution in [-0.2, 0) is 28.9 Å². The molecule has 2 amide bonds. The van der Waals surface area contributed by atoms with Crippen LogP contribution in [0.15, 0.2) is 73.1 Å². The Labute approximate surface area is 224 Å². The van der Waals surface area contributed by atoms with Crippen LogP contribution in [0, 0.1) is 5.92 Å². The van der Waals surface area contributed by atoms with E-state index in [-0.39, 0.29) is 31.3 Å². The number of alkyl carbamates (subject to hydrolysis) is 1. The van der Waals surface area contributed by atoms with Crippen molar-refractivity contribution in [2.75, 3.05) is 0 Å². The van der Waals surface area contributed by atoms with Crippen LogP contribution in [0.2, 0.25) is 0 Å². The summed E-state index contributed by atoms with van der Waals surface area (Å²) in [6.07, 6.45) is 2.74. The van der Waals surface area contributed by atoms with Crippen molar-refractivity contribution < 1.29 is 19.4 Å². The van der Waals surface area contributed by atoms with Crippen LogP contribution >= 0.6 is 12.4 Å². The number of nitrogens with one attached hydrogen (secondary N) is 3. The SMILES string of the molecule is CC(C)(C)OC(=O)N[C@@H](Cc1ccccc1)[C@@H](O)C[C@@H](Cc1ccccc1)C(=O)NCc1ncc[nH]1.Cl. The van der Waals surface area contributed by atoms with Crippen molar-refractivity contribution in [2.45, 2.75) is 64.3 Å². The zero-order chi connectivity index (χ0) is 26.0. The van der Waals surface area contributed by atoms with Gasteiger partial charge in [-0.1, -0.05) is 60.7 Å². The third-order valence-corrected chi connectivity index (χ3v) is 5.67. The number of nitrogens with zero attached hydrogens (tertiary/aromatic N) is 1. The maximum atomic E-state index is 13.2. The first kappa shape index (κ1) is 29.9. The highest BCUT2D eigenvalue weighted by Crippen LogP contribution is 2.19. The number of hydrogen-bond acceptors (Lipinski definition) is 5. The van der Waals surface area contributed by atoms with Gasteiger partial charge in [0.15, 0.2) is 0 Å². The highest BCUT2D eigenvalue weighted by Gasteiger charge is 2.30. The van der Waals surface area contributed by atoms with Crippen molar-refractivity contribution in [1.82, 2.24) is 20.6 Å². The second-order valence-corrected chi connectivity index (χ2v) is 9.89. The third-order valence-electron chi connectivity index (χ3n) is 5.67. The summed E-state index contributed by atoms with van der Waals surface area (Å²) in [5.41, 5.74) is 1.27. The number of aromatic nitrogens is 2. The van der Waals surface area contributed by atoms with Crippen molar-refractivity contribution in [3.05, 3.63) is 90.0 Å². The number of ether oxygens (including phenoxy) is 1. The maximum Gasteiger partial charge on any atom is 0.407 e. The molecule has 0 saturated carbocycles. The molecule has 3 atom stereocenters. The lowest BCUT2D eigenvalue weighted by atomic mass is 9.88. The van der Waals surface area contributed by atoms with E-state index in [0.717, 1.165) is 11.1 Å². The van der Waals surface area contributed by atoms with E-state index in [9.17, 15) is 14.7 Å². The van der Waals surface area contributed by atoms with Crippen LogP contribution in [0.4, 0.5) is 4.79 Å².